The van der Waals surface area contributed by atoms with Gasteiger partial charge in [-0.15, -0.1) is 24.0 Å². The number of rotatable bonds is 6. The van der Waals surface area contributed by atoms with Gasteiger partial charge in [0.1, 0.15) is 0 Å². The van der Waals surface area contributed by atoms with Crippen molar-refractivity contribution in [2.45, 2.75) is 38.5 Å². The molecule has 0 saturated heterocycles. The fourth-order valence-corrected chi connectivity index (χ4v) is 3.44. The zero-order valence-electron chi connectivity index (χ0n) is 15.4. The minimum Gasteiger partial charge on any atom is -0.357 e. The summed E-state index contributed by atoms with van der Waals surface area (Å²) in [6, 6.07) is 14.9. The molecule has 1 atom stereocenters. The van der Waals surface area contributed by atoms with E-state index in [2.05, 4.69) is 52.9 Å². The zero-order chi connectivity index (χ0) is 17.3. The van der Waals surface area contributed by atoms with Crippen LogP contribution in [0.3, 0.4) is 0 Å². The molecule has 1 aromatic carbocycles. The first kappa shape index (κ1) is 20.7. The maximum atomic E-state index is 4.84. The van der Waals surface area contributed by atoms with Crippen molar-refractivity contribution in [2.24, 2.45) is 4.99 Å². The number of nitrogens with zero attached hydrogens (tertiary/aromatic N) is 2. The lowest BCUT2D eigenvalue weighted by molar-refractivity contribution is 0.559. The van der Waals surface area contributed by atoms with E-state index in [0.29, 0.717) is 5.92 Å². The molecule has 0 saturated carbocycles. The highest BCUT2D eigenvalue weighted by molar-refractivity contribution is 14.0. The van der Waals surface area contributed by atoms with Crippen molar-refractivity contribution < 1.29 is 0 Å². The van der Waals surface area contributed by atoms with Crippen LogP contribution in [0.25, 0.3) is 0 Å². The Morgan fingerprint density at radius 2 is 2.00 bits per heavy atom. The highest BCUT2D eigenvalue weighted by Gasteiger charge is 2.19. The number of hydrogen-bond donors (Lipinski definition) is 2. The van der Waals surface area contributed by atoms with Crippen molar-refractivity contribution in [3.05, 3.63) is 65.5 Å². The first-order valence-corrected chi connectivity index (χ1v) is 9.36. The second-order valence-electron chi connectivity index (χ2n) is 6.51. The maximum absolute atomic E-state index is 4.84. The quantitative estimate of drug-likeness (QED) is 0.387. The van der Waals surface area contributed by atoms with Gasteiger partial charge in [-0.2, -0.15) is 0 Å². The van der Waals surface area contributed by atoms with E-state index < -0.39 is 0 Å². The van der Waals surface area contributed by atoms with Crippen LogP contribution in [-0.4, -0.2) is 30.6 Å². The summed E-state index contributed by atoms with van der Waals surface area (Å²) < 4.78 is 0. The molecule has 140 valence electrons. The molecule has 1 aromatic heterocycles. The number of nitrogens with one attached hydrogen (secondary N) is 2. The van der Waals surface area contributed by atoms with E-state index in [0.717, 1.165) is 37.7 Å². The molecule has 1 aliphatic rings. The van der Waals surface area contributed by atoms with Gasteiger partial charge in [-0.25, -0.2) is 0 Å². The van der Waals surface area contributed by atoms with Crippen molar-refractivity contribution in [3.8, 4) is 0 Å². The molecule has 5 heteroatoms. The smallest absolute Gasteiger partial charge is 0.191 e. The van der Waals surface area contributed by atoms with Crippen LogP contribution in [0.5, 0.6) is 0 Å². The molecule has 2 aromatic rings. The summed E-state index contributed by atoms with van der Waals surface area (Å²) in [5.74, 6) is 1.44. The first-order chi connectivity index (χ1) is 12.4. The molecule has 3 rings (SSSR count). The Labute approximate surface area is 173 Å². The second-order valence-corrected chi connectivity index (χ2v) is 6.51. The summed E-state index contributed by atoms with van der Waals surface area (Å²) in [5.41, 5.74) is 4.09. The van der Waals surface area contributed by atoms with Gasteiger partial charge in [0.15, 0.2) is 5.96 Å². The largest absolute Gasteiger partial charge is 0.357 e. The van der Waals surface area contributed by atoms with Crippen molar-refractivity contribution in [1.82, 2.24) is 15.6 Å². The van der Waals surface area contributed by atoms with Crippen LogP contribution in [0.4, 0.5) is 0 Å². The number of halogens is 1. The van der Waals surface area contributed by atoms with Crippen molar-refractivity contribution >= 4 is 29.9 Å². The molecule has 1 heterocycles. The molecule has 1 unspecified atom stereocenters. The van der Waals surface area contributed by atoms with Crippen molar-refractivity contribution in [1.29, 1.82) is 0 Å². The Morgan fingerprint density at radius 1 is 1.15 bits per heavy atom. The number of aliphatic imine (C=N–C) groups is 1. The van der Waals surface area contributed by atoms with Gasteiger partial charge in [0.2, 0.25) is 0 Å². The third-order valence-electron chi connectivity index (χ3n) is 4.71. The monoisotopic (exact) mass is 464 g/mol. The number of fused-ring (bicyclic) bond motifs is 1. The highest BCUT2D eigenvalue weighted by Crippen LogP contribution is 2.31. The lowest BCUT2D eigenvalue weighted by Crippen LogP contribution is -2.38. The van der Waals surface area contributed by atoms with E-state index in [4.69, 9.17) is 4.99 Å². The van der Waals surface area contributed by atoms with Crippen LogP contribution in [0, 0.1) is 0 Å². The lowest BCUT2D eigenvalue weighted by Gasteiger charge is -2.24. The van der Waals surface area contributed by atoms with Gasteiger partial charge >= 0.3 is 0 Å². The van der Waals surface area contributed by atoms with Gasteiger partial charge in [0, 0.05) is 43.9 Å². The average Bonchev–Trinajstić information content (AvgIpc) is 2.67. The van der Waals surface area contributed by atoms with Crippen LogP contribution in [0.1, 0.15) is 42.5 Å². The van der Waals surface area contributed by atoms with E-state index >= 15 is 0 Å². The SMILES string of the molecule is CCNC(=NCC1CCCc2ccccc21)NCCc1ccccn1.I. The molecular formula is C21H29IN4. The summed E-state index contributed by atoms with van der Waals surface area (Å²) in [6.07, 6.45) is 6.44. The summed E-state index contributed by atoms with van der Waals surface area (Å²) in [6.45, 7) is 4.66. The summed E-state index contributed by atoms with van der Waals surface area (Å²) in [5, 5.41) is 6.78. The van der Waals surface area contributed by atoms with Crippen molar-refractivity contribution in [2.75, 3.05) is 19.6 Å². The van der Waals surface area contributed by atoms with Crippen LogP contribution >= 0.6 is 24.0 Å². The molecule has 0 bridgehead atoms. The van der Waals surface area contributed by atoms with E-state index in [1.807, 2.05) is 18.3 Å². The number of hydrogen-bond acceptors (Lipinski definition) is 2. The van der Waals surface area contributed by atoms with Crippen molar-refractivity contribution in [3.63, 3.8) is 0 Å². The predicted molar refractivity (Wildman–Crippen MR) is 119 cm³/mol. The van der Waals surface area contributed by atoms with Gasteiger partial charge < -0.3 is 10.6 Å². The third kappa shape index (κ3) is 5.97. The number of benzene rings is 1. The van der Waals surface area contributed by atoms with Gasteiger partial charge in [-0.05, 0) is 49.4 Å². The van der Waals surface area contributed by atoms with Gasteiger partial charge in [-0.1, -0.05) is 30.3 Å². The summed E-state index contributed by atoms with van der Waals surface area (Å²) >= 11 is 0. The van der Waals surface area contributed by atoms with Gasteiger partial charge in [0.05, 0.1) is 0 Å². The maximum Gasteiger partial charge on any atom is 0.191 e. The Balaban J connectivity index is 0.00000243. The fourth-order valence-electron chi connectivity index (χ4n) is 3.44. The van der Waals surface area contributed by atoms with Gasteiger partial charge in [0.25, 0.3) is 0 Å². The predicted octanol–water partition coefficient (Wildman–Crippen LogP) is 3.92. The molecule has 26 heavy (non-hydrogen) atoms. The molecule has 4 nitrogen and oxygen atoms in total. The Hall–Kier alpha value is -1.63. The number of aromatic nitrogens is 1. The number of pyridine rings is 1. The van der Waals surface area contributed by atoms with Crippen LogP contribution < -0.4 is 10.6 Å². The minimum atomic E-state index is 0. The normalized spacial score (nSPS) is 16.3. The standard InChI is InChI=1S/C21H28N4.HI/c1-2-22-21(24-15-13-19-11-5-6-14-23-19)25-16-18-10-7-9-17-8-3-4-12-20(17)18;/h3-6,8,11-12,14,18H,2,7,9-10,13,15-16H2,1H3,(H2,22,24,25);1H. The van der Waals surface area contributed by atoms with E-state index in [-0.39, 0.29) is 24.0 Å². The molecule has 2 N–H and O–H groups in total. The fraction of sp³-hybridized carbons (Fsp3) is 0.429. The molecular weight excluding hydrogens is 435 g/mol. The molecule has 0 radical (unpaired) electrons. The van der Waals surface area contributed by atoms with E-state index in [9.17, 15) is 0 Å². The molecule has 1 aliphatic carbocycles. The summed E-state index contributed by atoms with van der Waals surface area (Å²) in [4.78, 5) is 9.21. The number of guanidine groups is 1. The zero-order valence-corrected chi connectivity index (χ0v) is 17.8. The topological polar surface area (TPSA) is 49.3 Å². The third-order valence-corrected chi connectivity index (χ3v) is 4.71. The minimum absolute atomic E-state index is 0. The molecule has 0 spiro atoms. The molecule has 0 aliphatic heterocycles. The van der Waals surface area contributed by atoms with Gasteiger partial charge in [-0.3, -0.25) is 9.98 Å². The van der Waals surface area contributed by atoms with E-state index in [1.165, 1.54) is 30.4 Å². The average molecular weight is 464 g/mol. The highest BCUT2D eigenvalue weighted by atomic mass is 127. The van der Waals surface area contributed by atoms with Crippen LogP contribution in [0.2, 0.25) is 0 Å². The first-order valence-electron chi connectivity index (χ1n) is 9.36. The number of aryl methyl sites for hydroxylation is 1. The van der Waals surface area contributed by atoms with Crippen LogP contribution in [-0.2, 0) is 12.8 Å². The van der Waals surface area contributed by atoms with E-state index in [1.54, 1.807) is 0 Å². The lowest BCUT2D eigenvalue weighted by atomic mass is 9.83. The Bertz CT molecular complexity index is 687. The molecule has 0 fully saturated rings. The Morgan fingerprint density at radius 3 is 2.81 bits per heavy atom. The van der Waals surface area contributed by atoms with Crippen LogP contribution in [0.15, 0.2) is 53.7 Å². The summed E-state index contributed by atoms with van der Waals surface area (Å²) in [7, 11) is 0. The second kappa shape index (κ2) is 11.2. The molecule has 0 amide bonds. The Kier molecular flexibility index (Phi) is 8.88.